The highest BCUT2D eigenvalue weighted by atomic mass is 16.5. The van der Waals surface area contributed by atoms with Crippen LogP contribution in [0.3, 0.4) is 0 Å². The Morgan fingerprint density at radius 3 is 2.18 bits per heavy atom. The second-order valence-electron chi connectivity index (χ2n) is 5.75. The van der Waals surface area contributed by atoms with E-state index in [-0.39, 0.29) is 0 Å². The molecule has 0 aliphatic carbocycles. The fourth-order valence-corrected chi connectivity index (χ4v) is 2.47. The molecule has 0 heterocycles. The molecule has 2 aromatic rings. The number of amides is 1. The Bertz CT molecular complexity index is 607. The molecule has 22 heavy (non-hydrogen) atoms. The molecule has 2 aromatic carbocycles. The lowest BCUT2D eigenvalue weighted by Crippen LogP contribution is -2.46. The van der Waals surface area contributed by atoms with E-state index < -0.39 is 11.5 Å². The molecule has 2 rings (SSSR count). The van der Waals surface area contributed by atoms with E-state index in [9.17, 15) is 4.79 Å². The van der Waals surface area contributed by atoms with Gasteiger partial charge in [-0.15, -0.1) is 0 Å². The first kappa shape index (κ1) is 16.1. The molecule has 1 atom stereocenters. The number of primary amides is 1. The summed E-state index contributed by atoms with van der Waals surface area (Å²) in [5.41, 5.74) is 7.00. The van der Waals surface area contributed by atoms with Gasteiger partial charge in [-0.3, -0.25) is 4.79 Å². The molecule has 0 bridgehead atoms. The highest BCUT2D eigenvalue weighted by molar-refractivity contribution is 5.83. The van der Waals surface area contributed by atoms with Crippen LogP contribution in [0.2, 0.25) is 0 Å². The van der Waals surface area contributed by atoms with Crippen molar-refractivity contribution in [2.75, 3.05) is 0 Å². The van der Waals surface area contributed by atoms with Crippen LogP contribution >= 0.6 is 0 Å². The summed E-state index contributed by atoms with van der Waals surface area (Å²) in [6.45, 7) is 3.75. The van der Waals surface area contributed by atoms with Gasteiger partial charge in [0.2, 0.25) is 0 Å². The monoisotopic (exact) mass is 297 g/mol. The predicted octanol–water partition coefficient (Wildman–Crippen LogP) is 3.70. The second kappa shape index (κ2) is 7.12. The highest BCUT2D eigenvalue weighted by Gasteiger charge is 2.32. The molecular weight excluding hydrogens is 274 g/mol. The first-order chi connectivity index (χ1) is 10.5. The van der Waals surface area contributed by atoms with Gasteiger partial charge < -0.3 is 10.5 Å². The summed E-state index contributed by atoms with van der Waals surface area (Å²) in [5.74, 6) is 0.245. The van der Waals surface area contributed by atoms with Crippen molar-refractivity contribution >= 4 is 5.91 Å². The van der Waals surface area contributed by atoms with Crippen LogP contribution in [0, 0.1) is 0 Å². The summed E-state index contributed by atoms with van der Waals surface area (Å²) in [5, 5.41) is 0. The highest BCUT2D eigenvalue weighted by Crippen LogP contribution is 2.23. The largest absolute Gasteiger partial charge is 0.478 e. The zero-order valence-electron chi connectivity index (χ0n) is 13.2. The van der Waals surface area contributed by atoms with E-state index in [1.807, 2.05) is 49.4 Å². The standard InChI is InChI=1S/C19H23NO2/c1-3-13-19(2,18(20)21)22-17-11-9-16(10-12-17)14-15-7-5-4-6-8-15/h4-12H,3,13-14H2,1-2H3,(H2,20,21)/t19-/m0/s1. The van der Waals surface area contributed by atoms with Crippen molar-refractivity contribution in [1.82, 2.24) is 0 Å². The van der Waals surface area contributed by atoms with Gasteiger partial charge in [-0.25, -0.2) is 0 Å². The minimum Gasteiger partial charge on any atom is -0.478 e. The zero-order chi connectivity index (χ0) is 16.0. The van der Waals surface area contributed by atoms with Crippen LogP contribution in [0.1, 0.15) is 37.8 Å². The maximum Gasteiger partial charge on any atom is 0.261 e. The van der Waals surface area contributed by atoms with Crippen LogP contribution in [-0.2, 0) is 11.2 Å². The normalized spacial score (nSPS) is 13.4. The van der Waals surface area contributed by atoms with E-state index in [2.05, 4.69) is 12.1 Å². The lowest BCUT2D eigenvalue weighted by molar-refractivity contribution is -0.132. The van der Waals surface area contributed by atoms with Gasteiger partial charge in [-0.2, -0.15) is 0 Å². The Kier molecular flexibility index (Phi) is 5.21. The van der Waals surface area contributed by atoms with Crippen molar-refractivity contribution in [1.29, 1.82) is 0 Å². The minimum absolute atomic E-state index is 0.428. The molecule has 0 fully saturated rings. The van der Waals surface area contributed by atoms with Crippen LogP contribution in [-0.4, -0.2) is 11.5 Å². The summed E-state index contributed by atoms with van der Waals surface area (Å²) < 4.78 is 5.83. The summed E-state index contributed by atoms with van der Waals surface area (Å²) >= 11 is 0. The third kappa shape index (κ3) is 4.10. The van der Waals surface area contributed by atoms with E-state index in [4.69, 9.17) is 10.5 Å². The van der Waals surface area contributed by atoms with Crippen molar-refractivity contribution in [2.24, 2.45) is 5.73 Å². The van der Waals surface area contributed by atoms with Crippen molar-refractivity contribution < 1.29 is 9.53 Å². The number of hydrogen-bond donors (Lipinski definition) is 1. The molecule has 0 aliphatic rings. The Morgan fingerprint density at radius 1 is 1.05 bits per heavy atom. The number of rotatable bonds is 7. The SMILES string of the molecule is CCC[C@](C)(Oc1ccc(Cc2ccccc2)cc1)C(N)=O. The average Bonchev–Trinajstić information content (AvgIpc) is 2.50. The third-order valence-electron chi connectivity index (χ3n) is 3.77. The minimum atomic E-state index is -0.949. The molecule has 2 N–H and O–H groups in total. The molecule has 0 saturated heterocycles. The molecule has 0 saturated carbocycles. The van der Waals surface area contributed by atoms with E-state index in [1.54, 1.807) is 6.92 Å². The van der Waals surface area contributed by atoms with Crippen molar-refractivity contribution in [2.45, 2.75) is 38.7 Å². The first-order valence-corrected chi connectivity index (χ1v) is 7.65. The van der Waals surface area contributed by atoms with Crippen molar-refractivity contribution in [3.63, 3.8) is 0 Å². The van der Waals surface area contributed by atoms with Gasteiger partial charge in [0.05, 0.1) is 0 Å². The van der Waals surface area contributed by atoms with E-state index in [0.29, 0.717) is 12.2 Å². The van der Waals surface area contributed by atoms with Gasteiger partial charge in [0.1, 0.15) is 5.75 Å². The zero-order valence-corrected chi connectivity index (χ0v) is 13.2. The molecule has 0 aromatic heterocycles. The lowest BCUT2D eigenvalue weighted by atomic mass is 9.99. The summed E-state index contributed by atoms with van der Waals surface area (Å²) in [6, 6.07) is 18.1. The molecule has 0 aliphatic heterocycles. The summed E-state index contributed by atoms with van der Waals surface area (Å²) in [4.78, 5) is 11.6. The number of hydrogen-bond acceptors (Lipinski definition) is 2. The van der Waals surface area contributed by atoms with Crippen LogP contribution < -0.4 is 10.5 Å². The van der Waals surface area contributed by atoms with Gasteiger partial charge in [0.25, 0.3) is 5.91 Å². The molecule has 0 spiro atoms. The lowest BCUT2D eigenvalue weighted by Gasteiger charge is -2.27. The maximum atomic E-state index is 11.6. The van der Waals surface area contributed by atoms with Crippen LogP contribution in [0.25, 0.3) is 0 Å². The van der Waals surface area contributed by atoms with Gasteiger partial charge >= 0.3 is 0 Å². The Morgan fingerprint density at radius 2 is 1.64 bits per heavy atom. The molecule has 0 unspecified atom stereocenters. The van der Waals surface area contributed by atoms with E-state index >= 15 is 0 Å². The first-order valence-electron chi connectivity index (χ1n) is 7.65. The van der Waals surface area contributed by atoms with Gasteiger partial charge in [-0.1, -0.05) is 55.8 Å². The number of benzene rings is 2. The van der Waals surface area contributed by atoms with Crippen LogP contribution in [0.15, 0.2) is 54.6 Å². The topological polar surface area (TPSA) is 52.3 Å². The Labute approximate surface area is 132 Å². The molecule has 3 heteroatoms. The molecular formula is C19H23NO2. The fourth-order valence-electron chi connectivity index (χ4n) is 2.47. The average molecular weight is 297 g/mol. The van der Waals surface area contributed by atoms with E-state index in [1.165, 1.54) is 11.1 Å². The third-order valence-corrected chi connectivity index (χ3v) is 3.77. The quantitative estimate of drug-likeness (QED) is 0.847. The maximum absolute atomic E-state index is 11.6. The molecule has 0 radical (unpaired) electrons. The summed E-state index contributed by atoms with van der Waals surface area (Å²) in [7, 11) is 0. The Balaban J connectivity index is 2.07. The van der Waals surface area contributed by atoms with E-state index in [0.717, 1.165) is 12.8 Å². The van der Waals surface area contributed by atoms with Crippen LogP contribution in [0.4, 0.5) is 0 Å². The number of carbonyl (C=O) groups excluding carboxylic acids is 1. The van der Waals surface area contributed by atoms with Crippen LogP contribution in [0.5, 0.6) is 5.75 Å². The van der Waals surface area contributed by atoms with Gasteiger partial charge in [-0.05, 0) is 43.0 Å². The number of nitrogens with two attached hydrogens (primary N) is 1. The predicted molar refractivity (Wildman–Crippen MR) is 88.8 cm³/mol. The smallest absolute Gasteiger partial charge is 0.261 e. The fraction of sp³-hybridized carbons (Fsp3) is 0.316. The summed E-state index contributed by atoms with van der Waals surface area (Å²) in [6.07, 6.45) is 2.32. The molecule has 116 valence electrons. The van der Waals surface area contributed by atoms with Crippen molar-refractivity contribution in [3.05, 3.63) is 65.7 Å². The molecule has 3 nitrogen and oxygen atoms in total. The molecule has 1 amide bonds. The Hall–Kier alpha value is -2.29. The van der Waals surface area contributed by atoms with Gasteiger partial charge in [0, 0.05) is 0 Å². The second-order valence-corrected chi connectivity index (χ2v) is 5.75. The number of ether oxygens (including phenoxy) is 1. The number of carbonyl (C=O) groups is 1. The van der Waals surface area contributed by atoms with Crippen molar-refractivity contribution in [3.8, 4) is 5.75 Å². The van der Waals surface area contributed by atoms with Gasteiger partial charge in [0.15, 0.2) is 5.60 Å².